The van der Waals surface area contributed by atoms with E-state index >= 15 is 0 Å². The molecule has 0 radical (unpaired) electrons. The number of aryl methyl sites for hydroxylation is 1. The fourth-order valence-electron chi connectivity index (χ4n) is 5.79. The molecule has 0 spiro atoms. The van der Waals surface area contributed by atoms with Gasteiger partial charge in [-0.3, -0.25) is 4.98 Å². The van der Waals surface area contributed by atoms with Gasteiger partial charge in [0.15, 0.2) is 0 Å². The third kappa shape index (κ3) is 4.10. The van der Waals surface area contributed by atoms with Gasteiger partial charge in [0.1, 0.15) is 0 Å². The summed E-state index contributed by atoms with van der Waals surface area (Å²) in [6, 6.07) is 21.0. The smallest absolute Gasteiger partial charge is 0.0803 e. The number of hydrogen-bond acceptors (Lipinski definition) is 2. The Balaban J connectivity index is 1.66. The van der Waals surface area contributed by atoms with Crippen molar-refractivity contribution in [2.24, 2.45) is 10.8 Å². The monoisotopic (exact) mass is 489 g/mol. The number of rotatable bonds is 2. The summed E-state index contributed by atoms with van der Waals surface area (Å²) in [5, 5.41) is 7.97. The van der Waals surface area contributed by atoms with Gasteiger partial charge in [-0.15, -0.1) is 0 Å². The van der Waals surface area contributed by atoms with Crippen LogP contribution >= 0.6 is 11.8 Å². The maximum absolute atomic E-state index is 5.01. The fourth-order valence-corrected chi connectivity index (χ4v) is 7.18. The van der Waals surface area contributed by atoms with Crippen molar-refractivity contribution in [2.75, 3.05) is 0 Å². The standard InChI is InChI=1S/C34H35NS/c1-20-8-10-25-23(14-20)17-27-30-29-22(12-13-35-30)16-24-15-21(18-33(2,3)4)9-11-26(24)32(29)36-31(27)28(25)19-34(5,6)7/h8-17H,18-19H2,1-7H3. The minimum Gasteiger partial charge on any atom is -0.256 e. The Kier molecular flexibility index (Phi) is 5.29. The number of benzene rings is 4. The minimum atomic E-state index is 0.188. The van der Waals surface area contributed by atoms with Crippen LogP contribution in [0.3, 0.4) is 0 Å². The molecule has 0 fully saturated rings. The molecule has 0 unspecified atom stereocenters. The van der Waals surface area contributed by atoms with Gasteiger partial charge < -0.3 is 0 Å². The van der Waals surface area contributed by atoms with Crippen LogP contribution in [0.15, 0.2) is 70.6 Å². The second kappa shape index (κ2) is 8.08. The van der Waals surface area contributed by atoms with Crippen LogP contribution in [0.2, 0.25) is 0 Å². The lowest BCUT2D eigenvalue weighted by Gasteiger charge is -2.28. The van der Waals surface area contributed by atoms with Crippen molar-refractivity contribution in [1.82, 2.24) is 4.98 Å². The van der Waals surface area contributed by atoms with Gasteiger partial charge in [0.2, 0.25) is 0 Å². The zero-order valence-electron chi connectivity index (χ0n) is 22.5. The number of fused-ring (bicyclic) bond motifs is 5. The average Bonchev–Trinajstić information content (AvgIpc) is 2.77. The van der Waals surface area contributed by atoms with E-state index in [4.69, 9.17) is 4.98 Å². The normalized spacial score (nSPS) is 13.5. The molecular weight excluding hydrogens is 454 g/mol. The molecule has 0 bridgehead atoms. The Hall–Kier alpha value is -2.84. The lowest BCUT2D eigenvalue weighted by molar-refractivity contribution is 0.410. The van der Waals surface area contributed by atoms with Crippen molar-refractivity contribution in [3.05, 3.63) is 77.5 Å². The highest BCUT2D eigenvalue weighted by Gasteiger charge is 2.28. The van der Waals surface area contributed by atoms with Crippen LogP contribution in [0.1, 0.15) is 58.2 Å². The summed E-state index contributed by atoms with van der Waals surface area (Å²) >= 11 is 1.97. The Labute approximate surface area is 219 Å². The molecule has 36 heavy (non-hydrogen) atoms. The first-order chi connectivity index (χ1) is 17.0. The van der Waals surface area contributed by atoms with E-state index in [1.807, 2.05) is 18.0 Å². The highest BCUT2D eigenvalue weighted by atomic mass is 32.2. The molecule has 0 saturated carbocycles. The van der Waals surface area contributed by atoms with Crippen molar-refractivity contribution in [1.29, 1.82) is 0 Å². The molecule has 0 aliphatic carbocycles. The molecule has 1 aliphatic rings. The summed E-state index contributed by atoms with van der Waals surface area (Å²) in [5.41, 5.74) is 7.06. The van der Waals surface area contributed by atoms with Gasteiger partial charge in [0, 0.05) is 26.9 Å². The fraction of sp³-hybridized carbons (Fsp3) is 0.324. The van der Waals surface area contributed by atoms with Gasteiger partial charge in [0.05, 0.1) is 5.69 Å². The van der Waals surface area contributed by atoms with Gasteiger partial charge in [-0.25, -0.2) is 0 Å². The van der Waals surface area contributed by atoms with Crippen LogP contribution in [0.4, 0.5) is 0 Å². The first kappa shape index (κ1) is 23.6. The molecule has 2 heterocycles. The Morgan fingerprint density at radius 1 is 0.694 bits per heavy atom. The first-order valence-corrected chi connectivity index (χ1v) is 13.9. The number of aromatic nitrogens is 1. The third-order valence-electron chi connectivity index (χ3n) is 7.13. The highest BCUT2D eigenvalue weighted by molar-refractivity contribution is 8.00. The van der Waals surface area contributed by atoms with Crippen molar-refractivity contribution in [3.8, 4) is 11.3 Å². The van der Waals surface area contributed by atoms with Crippen LogP contribution in [-0.2, 0) is 12.8 Å². The Morgan fingerprint density at radius 3 is 2.17 bits per heavy atom. The second-order valence-electron chi connectivity index (χ2n) is 13.1. The quantitative estimate of drug-likeness (QED) is 0.224. The maximum atomic E-state index is 5.01. The van der Waals surface area contributed by atoms with Gasteiger partial charge in [-0.1, -0.05) is 95.3 Å². The highest BCUT2D eigenvalue weighted by Crippen LogP contribution is 2.53. The number of pyridine rings is 1. The van der Waals surface area contributed by atoms with Crippen molar-refractivity contribution < 1.29 is 0 Å². The lowest BCUT2D eigenvalue weighted by Crippen LogP contribution is -2.12. The van der Waals surface area contributed by atoms with Crippen molar-refractivity contribution in [3.63, 3.8) is 0 Å². The van der Waals surface area contributed by atoms with Crippen LogP contribution in [0, 0.1) is 17.8 Å². The lowest BCUT2D eigenvalue weighted by atomic mass is 9.84. The molecule has 0 saturated heterocycles. The molecule has 1 aromatic heterocycles. The van der Waals surface area contributed by atoms with E-state index in [2.05, 4.69) is 103 Å². The van der Waals surface area contributed by atoms with Crippen LogP contribution < -0.4 is 0 Å². The van der Waals surface area contributed by atoms with E-state index in [1.54, 1.807) is 0 Å². The Bertz CT molecular complexity index is 1680. The summed E-state index contributed by atoms with van der Waals surface area (Å²) in [6.07, 6.45) is 4.11. The van der Waals surface area contributed by atoms with Gasteiger partial charge in [0.25, 0.3) is 0 Å². The summed E-state index contributed by atoms with van der Waals surface area (Å²) in [7, 11) is 0. The van der Waals surface area contributed by atoms with Gasteiger partial charge in [-0.2, -0.15) is 0 Å². The molecule has 6 rings (SSSR count). The molecule has 182 valence electrons. The molecule has 5 aromatic rings. The largest absolute Gasteiger partial charge is 0.256 e. The summed E-state index contributed by atoms with van der Waals surface area (Å²) in [4.78, 5) is 7.76. The molecule has 1 nitrogen and oxygen atoms in total. The van der Waals surface area contributed by atoms with Gasteiger partial charge >= 0.3 is 0 Å². The van der Waals surface area contributed by atoms with Crippen LogP contribution in [0.5, 0.6) is 0 Å². The zero-order chi connectivity index (χ0) is 25.4. The summed E-state index contributed by atoms with van der Waals surface area (Å²) < 4.78 is 0. The van der Waals surface area contributed by atoms with E-state index in [9.17, 15) is 0 Å². The first-order valence-electron chi connectivity index (χ1n) is 13.1. The van der Waals surface area contributed by atoms with Crippen LogP contribution in [-0.4, -0.2) is 4.98 Å². The summed E-state index contributed by atoms with van der Waals surface area (Å²) in [6.45, 7) is 16.2. The van der Waals surface area contributed by atoms with E-state index in [0.29, 0.717) is 0 Å². The SMILES string of the molecule is Cc1ccc2c(CC(C)(C)C)c3c(cc2c1)-c1nccc2cc4cc(CC(C)(C)C)ccc4c(c12)S3. The van der Waals surface area contributed by atoms with E-state index in [0.717, 1.165) is 18.5 Å². The molecule has 4 aromatic carbocycles. The predicted octanol–water partition coefficient (Wildman–Crippen LogP) is 10.2. The van der Waals surface area contributed by atoms with E-state index in [-0.39, 0.29) is 10.8 Å². The molecule has 0 atom stereocenters. The molecule has 0 N–H and O–H groups in total. The summed E-state index contributed by atoms with van der Waals surface area (Å²) in [5.74, 6) is 0. The van der Waals surface area contributed by atoms with Gasteiger partial charge in [-0.05, 0) is 86.9 Å². The third-order valence-corrected chi connectivity index (χ3v) is 8.43. The predicted molar refractivity (Wildman–Crippen MR) is 157 cm³/mol. The number of hydrogen-bond donors (Lipinski definition) is 0. The maximum Gasteiger partial charge on any atom is 0.0803 e. The van der Waals surface area contributed by atoms with Crippen molar-refractivity contribution >= 4 is 44.1 Å². The van der Waals surface area contributed by atoms with Crippen molar-refractivity contribution in [2.45, 2.75) is 71.1 Å². The minimum absolute atomic E-state index is 0.188. The zero-order valence-corrected chi connectivity index (χ0v) is 23.4. The number of nitrogens with zero attached hydrogens (tertiary/aromatic N) is 1. The average molecular weight is 490 g/mol. The molecule has 1 aliphatic heterocycles. The van der Waals surface area contributed by atoms with Crippen LogP contribution in [0.25, 0.3) is 43.6 Å². The molecule has 2 heteroatoms. The second-order valence-corrected chi connectivity index (χ2v) is 14.1. The van der Waals surface area contributed by atoms with E-state index < -0.39 is 0 Å². The molecular formula is C34H35NS. The topological polar surface area (TPSA) is 12.9 Å². The molecule has 0 amide bonds. The van der Waals surface area contributed by atoms with E-state index in [1.165, 1.54) is 64.4 Å². The Morgan fingerprint density at radius 2 is 1.42 bits per heavy atom.